The summed E-state index contributed by atoms with van der Waals surface area (Å²) >= 11 is 5.59. The van der Waals surface area contributed by atoms with Gasteiger partial charge in [-0.15, -0.1) is 0 Å². The van der Waals surface area contributed by atoms with E-state index in [9.17, 15) is 9.18 Å². The molecule has 7 heteroatoms. The van der Waals surface area contributed by atoms with Crippen molar-refractivity contribution in [2.75, 3.05) is 12.4 Å². The number of ether oxygens (including phenoxy) is 1. The third-order valence-corrected chi connectivity index (χ3v) is 2.48. The SMILES string of the molecule is COC(=O)c1ccccc1Nc1nc(Cl)ncc1F. The van der Waals surface area contributed by atoms with Gasteiger partial charge in [-0.2, -0.15) is 4.98 Å². The molecule has 2 rings (SSSR count). The van der Waals surface area contributed by atoms with Gasteiger partial charge in [0.15, 0.2) is 11.6 Å². The number of benzene rings is 1. The fourth-order valence-electron chi connectivity index (χ4n) is 1.44. The van der Waals surface area contributed by atoms with E-state index in [1.54, 1.807) is 24.3 Å². The highest BCUT2D eigenvalue weighted by molar-refractivity contribution is 6.28. The van der Waals surface area contributed by atoms with Gasteiger partial charge in [-0.25, -0.2) is 14.2 Å². The number of para-hydroxylation sites is 1. The number of carbonyl (C=O) groups is 1. The van der Waals surface area contributed by atoms with Crippen molar-refractivity contribution in [1.82, 2.24) is 9.97 Å². The topological polar surface area (TPSA) is 64.1 Å². The van der Waals surface area contributed by atoms with E-state index in [2.05, 4.69) is 20.0 Å². The van der Waals surface area contributed by atoms with Gasteiger partial charge < -0.3 is 10.1 Å². The van der Waals surface area contributed by atoms with Gasteiger partial charge in [-0.3, -0.25) is 0 Å². The molecule has 0 saturated carbocycles. The lowest BCUT2D eigenvalue weighted by atomic mass is 10.2. The van der Waals surface area contributed by atoms with Crippen molar-refractivity contribution in [1.29, 1.82) is 0 Å². The number of methoxy groups -OCH3 is 1. The van der Waals surface area contributed by atoms with E-state index in [1.165, 1.54) is 7.11 Å². The summed E-state index contributed by atoms with van der Waals surface area (Å²) < 4.78 is 18.1. The molecular weight excluding hydrogens is 273 g/mol. The molecule has 0 unspecified atom stereocenters. The van der Waals surface area contributed by atoms with Gasteiger partial charge in [-0.05, 0) is 23.7 Å². The van der Waals surface area contributed by atoms with Crippen LogP contribution < -0.4 is 5.32 Å². The van der Waals surface area contributed by atoms with Crippen LogP contribution in [0.3, 0.4) is 0 Å². The van der Waals surface area contributed by atoms with Crippen LogP contribution in [-0.4, -0.2) is 23.0 Å². The number of aromatic nitrogens is 2. The third-order valence-electron chi connectivity index (χ3n) is 2.30. The number of halogens is 2. The highest BCUT2D eigenvalue weighted by atomic mass is 35.5. The zero-order valence-corrected chi connectivity index (χ0v) is 10.6. The van der Waals surface area contributed by atoms with Crippen molar-refractivity contribution in [2.24, 2.45) is 0 Å². The summed E-state index contributed by atoms with van der Waals surface area (Å²) in [6, 6.07) is 6.51. The Morgan fingerprint density at radius 2 is 2.16 bits per heavy atom. The Morgan fingerprint density at radius 3 is 2.89 bits per heavy atom. The number of hydrogen-bond acceptors (Lipinski definition) is 5. The molecular formula is C12H9ClFN3O2. The number of nitrogens with zero attached hydrogens (tertiary/aromatic N) is 2. The summed E-state index contributed by atoms with van der Waals surface area (Å²) in [5.74, 6) is -1.33. The highest BCUT2D eigenvalue weighted by Gasteiger charge is 2.13. The first kappa shape index (κ1) is 13.2. The van der Waals surface area contributed by atoms with Crippen LogP contribution in [0.5, 0.6) is 0 Å². The van der Waals surface area contributed by atoms with E-state index in [0.717, 1.165) is 6.20 Å². The maximum Gasteiger partial charge on any atom is 0.339 e. The van der Waals surface area contributed by atoms with Gasteiger partial charge in [0.2, 0.25) is 5.28 Å². The van der Waals surface area contributed by atoms with Gasteiger partial charge in [0.25, 0.3) is 0 Å². The van der Waals surface area contributed by atoms with Crippen LogP contribution in [0.2, 0.25) is 5.28 Å². The summed E-state index contributed by atoms with van der Waals surface area (Å²) in [6.45, 7) is 0. The van der Waals surface area contributed by atoms with Crippen LogP contribution in [0.15, 0.2) is 30.5 Å². The predicted molar refractivity (Wildman–Crippen MR) is 68.1 cm³/mol. The molecule has 1 aromatic carbocycles. The van der Waals surface area contributed by atoms with Crippen molar-refractivity contribution < 1.29 is 13.9 Å². The minimum atomic E-state index is -0.677. The zero-order valence-electron chi connectivity index (χ0n) is 9.85. The summed E-state index contributed by atoms with van der Waals surface area (Å²) in [5.41, 5.74) is 0.627. The van der Waals surface area contributed by atoms with Gasteiger partial charge >= 0.3 is 5.97 Å². The van der Waals surface area contributed by atoms with E-state index < -0.39 is 11.8 Å². The van der Waals surface area contributed by atoms with Gasteiger partial charge in [0.05, 0.1) is 24.6 Å². The van der Waals surface area contributed by atoms with E-state index in [0.29, 0.717) is 5.69 Å². The Balaban J connectivity index is 2.38. The molecule has 0 bridgehead atoms. The monoisotopic (exact) mass is 281 g/mol. The molecule has 0 amide bonds. The molecule has 5 nitrogen and oxygen atoms in total. The zero-order chi connectivity index (χ0) is 13.8. The predicted octanol–water partition coefficient (Wildman–Crippen LogP) is 2.80. The summed E-state index contributed by atoms with van der Waals surface area (Å²) in [6.07, 6.45) is 0.943. The van der Waals surface area contributed by atoms with Crippen LogP contribution in [0.25, 0.3) is 0 Å². The molecule has 0 saturated heterocycles. The number of rotatable bonds is 3. The second-order valence-corrected chi connectivity index (χ2v) is 3.84. The second-order valence-electron chi connectivity index (χ2n) is 3.50. The second kappa shape index (κ2) is 5.62. The van der Waals surface area contributed by atoms with Crippen molar-refractivity contribution in [2.45, 2.75) is 0 Å². The Morgan fingerprint density at radius 1 is 1.42 bits per heavy atom. The molecule has 1 heterocycles. The van der Waals surface area contributed by atoms with Crippen molar-refractivity contribution in [3.05, 3.63) is 47.1 Å². The molecule has 0 fully saturated rings. The molecule has 19 heavy (non-hydrogen) atoms. The normalized spacial score (nSPS) is 10.1. The number of hydrogen-bond donors (Lipinski definition) is 1. The molecule has 0 aliphatic carbocycles. The summed E-state index contributed by atoms with van der Waals surface area (Å²) in [5, 5.41) is 2.59. The lowest BCUT2D eigenvalue weighted by Gasteiger charge is -2.10. The average Bonchev–Trinajstić information content (AvgIpc) is 2.42. The first-order valence-electron chi connectivity index (χ1n) is 5.24. The number of esters is 1. The first-order chi connectivity index (χ1) is 9.11. The fourth-order valence-corrected chi connectivity index (χ4v) is 1.57. The number of anilines is 2. The number of nitrogens with one attached hydrogen (secondary N) is 1. The van der Waals surface area contributed by atoms with Crippen molar-refractivity contribution >= 4 is 29.1 Å². The van der Waals surface area contributed by atoms with E-state index in [-0.39, 0.29) is 16.7 Å². The Bertz CT molecular complexity index is 622. The van der Waals surface area contributed by atoms with Crippen molar-refractivity contribution in [3.8, 4) is 0 Å². The minimum absolute atomic E-state index is 0.0977. The molecule has 98 valence electrons. The molecule has 1 N–H and O–H groups in total. The third kappa shape index (κ3) is 2.97. The molecule has 0 aliphatic rings. The summed E-state index contributed by atoms with van der Waals surface area (Å²) in [4.78, 5) is 18.8. The van der Waals surface area contributed by atoms with E-state index in [1.807, 2.05) is 0 Å². The maximum atomic E-state index is 13.5. The van der Waals surface area contributed by atoms with Crippen molar-refractivity contribution in [3.63, 3.8) is 0 Å². The maximum absolute atomic E-state index is 13.5. The molecule has 1 aromatic heterocycles. The van der Waals surface area contributed by atoms with Gasteiger partial charge in [0, 0.05) is 0 Å². The molecule has 0 aliphatic heterocycles. The molecule has 0 radical (unpaired) electrons. The highest BCUT2D eigenvalue weighted by Crippen LogP contribution is 2.22. The minimum Gasteiger partial charge on any atom is -0.465 e. The smallest absolute Gasteiger partial charge is 0.339 e. The van der Waals surface area contributed by atoms with Crippen LogP contribution in [-0.2, 0) is 4.74 Å². The largest absolute Gasteiger partial charge is 0.465 e. The van der Waals surface area contributed by atoms with Crippen LogP contribution in [0, 0.1) is 5.82 Å². The Labute approximate surface area is 113 Å². The average molecular weight is 282 g/mol. The molecule has 2 aromatic rings. The Hall–Kier alpha value is -2.21. The van der Waals surface area contributed by atoms with Gasteiger partial charge in [-0.1, -0.05) is 12.1 Å². The van der Waals surface area contributed by atoms with Crippen LogP contribution >= 0.6 is 11.6 Å². The fraction of sp³-hybridized carbons (Fsp3) is 0.0833. The lowest BCUT2D eigenvalue weighted by molar-refractivity contribution is 0.0602. The van der Waals surface area contributed by atoms with Crippen LogP contribution in [0.4, 0.5) is 15.9 Å². The van der Waals surface area contributed by atoms with Crippen LogP contribution in [0.1, 0.15) is 10.4 Å². The van der Waals surface area contributed by atoms with E-state index in [4.69, 9.17) is 11.6 Å². The quantitative estimate of drug-likeness (QED) is 0.692. The summed E-state index contributed by atoms with van der Waals surface area (Å²) in [7, 11) is 1.27. The standard InChI is InChI=1S/C12H9ClFN3O2/c1-19-11(18)7-4-2-3-5-9(7)16-10-8(14)6-15-12(13)17-10/h2-6H,1H3,(H,15,16,17). The lowest BCUT2D eigenvalue weighted by Crippen LogP contribution is -2.07. The van der Waals surface area contributed by atoms with Gasteiger partial charge in [0.1, 0.15) is 0 Å². The Kier molecular flexibility index (Phi) is 3.91. The van der Waals surface area contributed by atoms with E-state index >= 15 is 0 Å². The number of carbonyl (C=O) groups excluding carboxylic acids is 1. The molecule has 0 spiro atoms. The first-order valence-corrected chi connectivity index (χ1v) is 5.62. The molecule has 0 atom stereocenters.